The van der Waals surface area contributed by atoms with Crippen molar-refractivity contribution in [2.24, 2.45) is 9.98 Å². The summed E-state index contributed by atoms with van der Waals surface area (Å²) in [6.07, 6.45) is 0. The molecule has 1 aliphatic rings. The third-order valence-electron chi connectivity index (χ3n) is 5.65. The summed E-state index contributed by atoms with van der Waals surface area (Å²) >= 11 is 0. The molecule has 0 saturated carbocycles. The molecule has 1 heterocycles. The molecular formula is C28H30N2O. The fraction of sp³-hybridized carbons (Fsp3) is 0.286. The lowest BCUT2D eigenvalue weighted by Crippen LogP contribution is -2.16. The summed E-state index contributed by atoms with van der Waals surface area (Å²) in [5.74, 6) is 1.37. The van der Waals surface area contributed by atoms with Gasteiger partial charge in [-0.15, -0.1) is 0 Å². The van der Waals surface area contributed by atoms with Crippen molar-refractivity contribution in [2.45, 2.75) is 45.6 Å². The van der Waals surface area contributed by atoms with Crippen molar-refractivity contribution in [1.82, 2.24) is 0 Å². The van der Waals surface area contributed by atoms with E-state index in [1.54, 1.807) is 0 Å². The van der Waals surface area contributed by atoms with Gasteiger partial charge in [-0.05, 0) is 28.5 Å². The maximum absolute atomic E-state index is 6.13. The number of aliphatic imine (C=N–C) groups is 2. The van der Waals surface area contributed by atoms with Crippen LogP contribution in [-0.2, 0) is 4.74 Å². The van der Waals surface area contributed by atoms with Gasteiger partial charge in [0.1, 0.15) is 18.4 Å². The average Bonchev–Trinajstić information content (AvgIpc) is 3.28. The van der Waals surface area contributed by atoms with Crippen LogP contribution in [0, 0.1) is 0 Å². The number of nitrogens with zero attached hydrogens (tertiary/aromatic N) is 2. The normalized spacial score (nSPS) is 16.5. The first-order chi connectivity index (χ1) is 15.0. The number of rotatable bonds is 6. The van der Waals surface area contributed by atoms with Gasteiger partial charge in [0.25, 0.3) is 0 Å². The molecule has 0 N–H and O–H groups in total. The van der Waals surface area contributed by atoms with E-state index in [1.807, 2.05) is 36.4 Å². The maximum Gasteiger partial charge on any atom is 0.236 e. The minimum atomic E-state index is -0.00461. The highest BCUT2D eigenvalue weighted by molar-refractivity contribution is 6.46. The van der Waals surface area contributed by atoms with Gasteiger partial charge in [-0.3, -0.25) is 0 Å². The molecule has 0 aliphatic carbocycles. The largest absolute Gasteiger partial charge is 0.474 e. The molecule has 0 saturated heterocycles. The number of para-hydroxylation sites is 1. The van der Waals surface area contributed by atoms with Gasteiger partial charge in [0.05, 0.1) is 5.69 Å². The Kier molecular flexibility index (Phi) is 6.31. The molecular weight excluding hydrogens is 380 g/mol. The van der Waals surface area contributed by atoms with Crippen LogP contribution in [0.3, 0.4) is 0 Å². The highest BCUT2D eigenvalue weighted by Gasteiger charge is 2.26. The van der Waals surface area contributed by atoms with Crippen molar-refractivity contribution in [3.63, 3.8) is 0 Å². The molecule has 3 nitrogen and oxygen atoms in total. The smallest absolute Gasteiger partial charge is 0.236 e. The summed E-state index contributed by atoms with van der Waals surface area (Å²) in [5.41, 5.74) is 6.52. The summed E-state index contributed by atoms with van der Waals surface area (Å²) in [6.45, 7) is 9.41. The topological polar surface area (TPSA) is 34.0 Å². The standard InChI is InChI=1S/C28H30N2O/c1-19(2)23-16-11-17-24(20(3)4)27(23)30-26(22-14-9-6-10-15-22)28-29-25(18-31-28)21-12-7-5-8-13-21/h5-17,19-20,25H,18H2,1-4H3/t25-/m1/s1. The van der Waals surface area contributed by atoms with Crippen LogP contribution in [0.1, 0.15) is 67.8 Å². The van der Waals surface area contributed by atoms with Gasteiger partial charge >= 0.3 is 0 Å². The molecule has 4 rings (SSSR count). The van der Waals surface area contributed by atoms with Gasteiger partial charge in [-0.25, -0.2) is 9.98 Å². The number of ether oxygens (including phenoxy) is 1. The summed E-state index contributed by atoms with van der Waals surface area (Å²) in [5, 5.41) is 0. The number of hydrogen-bond donors (Lipinski definition) is 0. The molecule has 3 aromatic rings. The summed E-state index contributed by atoms with van der Waals surface area (Å²) in [6, 6.07) is 27.1. The first-order valence-corrected chi connectivity index (χ1v) is 11.1. The van der Waals surface area contributed by atoms with E-state index in [0.717, 1.165) is 22.5 Å². The van der Waals surface area contributed by atoms with Crippen molar-refractivity contribution in [3.05, 3.63) is 101 Å². The van der Waals surface area contributed by atoms with Crippen LogP contribution in [0.4, 0.5) is 5.69 Å². The molecule has 1 atom stereocenters. The van der Waals surface area contributed by atoms with Crippen LogP contribution in [0.25, 0.3) is 0 Å². The maximum atomic E-state index is 6.13. The lowest BCUT2D eigenvalue weighted by molar-refractivity contribution is 0.323. The minimum absolute atomic E-state index is 0.00461. The fourth-order valence-electron chi connectivity index (χ4n) is 3.93. The van der Waals surface area contributed by atoms with Crippen molar-refractivity contribution >= 4 is 17.3 Å². The lowest BCUT2D eigenvalue weighted by atomic mass is 9.92. The predicted molar refractivity (Wildman–Crippen MR) is 130 cm³/mol. The molecule has 158 valence electrons. The number of hydrogen-bond acceptors (Lipinski definition) is 3. The van der Waals surface area contributed by atoms with E-state index in [2.05, 4.69) is 70.2 Å². The molecule has 0 fully saturated rings. The van der Waals surface area contributed by atoms with E-state index in [0.29, 0.717) is 24.3 Å². The van der Waals surface area contributed by atoms with E-state index in [1.165, 1.54) is 11.1 Å². The Labute approximate surface area is 185 Å². The first-order valence-electron chi connectivity index (χ1n) is 11.1. The van der Waals surface area contributed by atoms with Crippen LogP contribution in [-0.4, -0.2) is 18.2 Å². The van der Waals surface area contributed by atoms with Crippen molar-refractivity contribution in [1.29, 1.82) is 0 Å². The second-order valence-corrected chi connectivity index (χ2v) is 8.59. The van der Waals surface area contributed by atoms with Crippen LogP contribution < -0.4 is 0 Å². The van der Waals surface area contributed by atoms with Gasteiger partial charge in [-0.1, -0.05) is 107 Å². The Morgan fingerprint density at radius 2 is 1.39 bits per heavy atom. The van der Waals surface area contributed by atoms with Crippen LogP contribution in [0.5, 0.6) is 0 Å². The summed E-state index contributed by atoms with van der Waals surface area (Å²) in [4.78, 5) is 10.2. The van der Waals surface area contributed by atoms with E-state index >= 15 is 0 Å². The molecule has 3 aromatic carbocycles. The van der Waals surface area contributed by atoms with Crippen molar-refractivity contribution < 1.29 is 4.74 Å². The van der Waals surface area contributed by atoms with Crippen LogP contribution in [0.15, 0.2) is 88.8 Å². The first kappa shape index (κ1) is 21.0. The minimum Gasteiger partial charge on any atom is -0.474 e. The van der Waals surface area contributed by atoms with Gasteiger partial charge < -0.3 is 4.74 Å². The molecule has 3 heteroatoms. The third kappa shape index (κ3) is 4.61. The quantitative estimate of drug-likeness (QED) is 0.395. The lowest BCUT2D eigenvalue weighted by Gasteiger charge is -2.18. The SMILES string of the molecule is CC(C)c1cccc(C(C)C)c1N=C(C1=N[C@@H](c2ccccc2)CO1)c1ccccc1. The van der Waals surface area contributed by atoms with E-state index in [9.17, 15) is 0 Å². The molecule has 0 unspecified atom stereocenters. The Bertz CT molecular complexity index is 1060. The average molecular weight is 411 g/mol. The van der Waals surface area contributed by atoms with E-state index in [4.69, 9.17) is 14.7 Å². The van der Waals surface area contributed by atoms with Gasteiger partial charge in [0, 0.05) is 5.56 Å². The van der Waals surface area contributed by atoms with Gasteiger partial charge in [-0.2, -0.15) is 0 Å². The van der Waals surface area contributed by atoms with Gasteiger partial charge in [0.2, 0.25) is 5.90 Å². The zero-order valence-corrected chi connectivity index (χ0v) is 18.7. The highest BCUT2D eigenvalue weighted by atomic mass is 16.5. The highest BCUT2D eigenvalue weighted by Crippen LogP contribution is 2.36. The molecule has 0 bridgehead atoms. The van der Waals surface area contributed by atoms with Crippen LogP contribution in [0.2, 0.25) is 0 Å². The molecule has 0 amide bonds. The Morgan fingerprint density at radius 1 is 0.806 bits per heavy atom. The van der Waals surface area contributed by atoms with Gasteiger partial charge in [0.15, 0.2) is 0 Å². The monoisotopic (exact) mass is 410 g/mol. The summed E-state index contributed by atoms with van der Waals surface area (Å²) in [7, 11) is 0. The second-order valence-electron chi connectivity index (χ2n) is 8.59. The van der Waals surface area contributed by atoms with E-state index in [-0.39, 0.29) is 6.04 Å². The zero-order chi connectivity index (χ0) is 21.8. The summed E-state index contributed by atoms with van der Waals surface area (Å²) < 4.78 is 6.13. The molecule has 0 spiro atoms. The zero-order valence-electron chi connectivity index (χ0n) is 18.7. The Balaban J connectivity index is 1.86. The van der Waals surface area contributed by atoms with Crippen LogP contribution >= 0.6 is 0 Å². The third-order valence-corrected chi connectivity index (χ3v) is 5.65. The predicted octanol–water partition coefficient (Wildman–Crippen LogP) is 7.22. The molecule has 31 heavy (non-hydrogen) atoms. The number of benzene rings is 3. The molecule has 0 aromatic heterocycles. The van der Waals surface area contributed by atoms with E-state index < -0.39 is 0 Å². The Hall–Kier alpha value is -3.20. The Morgan fingerprint density at radius 3 is 1.97 bits per heavy atom. The fourth-order valence-corrected chi connectivity index (χ4v) is 3.93. The second kappa shape index (κ2) is 9.30. The van der Waals surface area contributed by atoms with Crippen molar-refractivity contribution in [3.8, 4) is 0 Å². The molecule has 1 aliphatic heterocycles. The molecule has 0 radical (unpaired) electrons. The van der Waals surface area contributed by atoms with Crippen molar-refractivity contribution in [2.75, 3.05) is 6.61 Å².